The van der Waals surface area contributed by atoms with Crippen molar-refractivity contribution in [2.45, 2.75) is 19.5 Å². The summed E-state index contributed by atoms with van der Waals surface area (Å²) in [5.41, 5.74) is 2.33. The van der Waals surface area contributed by atoms with Crippen LogP contribution in [0.2, 0.25) is 0 Å². The van der Waals surface area contributed by atoms with Crippen LogP contribution in [0.3, 0.4) is 0 Å². The van der Waals surface area contributed by atoms with E-state index in [1.54, 1.807) is 14.2 Å². The number of halogens is 1. The predicted octanol–water partition coefficient (Wildman–Crippen LogP) is 3.68. The zero-order chi connectivity index (χ0) is 20.4. The van der Waals surface area contributed by atoms with Gasteiger partial charge in [0.05, 0.1) is 26.8 Å². The fourth-order valence-corrected chi connectivity index (χ4v) is 2.88. The first kappa shape index (κ1) is 25.0. The van der Waals surface area contributed by atoms with Crippen LogP contribution in [0, 0.1) is 0 Å². The molecule has 0 saturated carbocycles. The molecule has 2 aromatic carbocycles. The Bertz CT molecular complexity index is 751. The van der Waals surface area contributed by atoms with Gasteiger partial charge >= 0.3 is 0 Å². The average Bonchev–Trinajstić information content (AvgIpc) is 2.72. The van der Waals surface area contributed by atoms with Gasteiger partial charge in [0.15, 0.2) is 5.96 Å². The van der Waals surface area contributed by atoms with E-state index in [4.69, 9.17) is 14.5 Å². The molecule has 0 bridgehead atoms. The van der Waals surface area contributed by atoms with Gasteiger partial charge in [0.2, 0.25) is 0 Å². The second-order valence-corrected chi connectivity index (χ2v) is 6.68. The monoisotopic (exact) mass is 512 g/mol. The van der Waals surface area contributed by atoms with E-state index in [-0.39, 0.29) is 30.0 Å². The maximum Gasteiger partial charge on any atom is 0.191 e. The van der Waals surface area contributed by atoms with Crippen molar-refractivity contribution in [3.8, 4) is 11.5 Å². The first-order chi connectivity index (χ1) is 13.6. The van der Waals surface area contributed by atoms with Crippen molar-refractivity contribution in [1.29, 1.82) is 0 Å². The van der Waals surface area contributed by atoms with Crippen molar-refractivity contribution >= 4 is 29.9 Å². The summed E-state index contributed by atoms with van der Waals surface area (Å²) in [6.07, 6.45) is 0. The SMILES string of the molecule is CCNC(=NCc1ccc(OC)cc1)NCC(c1cccc(OC)c1)N(C)C.I. The Morgan fingerprint density at radius 2 is 1.69 bits per heavy atom. The number of nitrogens with one attached hydrogen (secondary N) is 2. The summed E-state index contributed by atoms with van der Waals surface area (Å²) in [6.45, 7) is 4.20. The largest absolute Gasteiger partial charge is 0.497 e. The molecule has 1 unspecified atom stereocenters. The van der Waals surface area contributed by atoms with Crippen molar-refractivity contribution in [2.24, 2.45) is 4.99 Å². The second-order valence-electron chi connectivity index (χ2n) is 6.68. The molecule has 0 aliphatic heterocycles. The Morgan fingerprint density at radius 1 is 1.00 bits per heavy atom. The molecule has 0 spiro atoms. The molecule has 0 amide bonds. The molecule has 1 atom stereocenters. The summed E-state index contributed by atoms with van der Waals surface area (Å²) in [5, 5.41) is 6.78. The summed E-state index contributed by atoms with van der Waals surface area (Å²) in [7, 11) is 7.52. The van der Waals surface area contributed by atoms with Crippen molar-refractivity contribution in [1.82, 2.24) is 15.5 Å². The Morgan fingerprint density at radius 3 is 2.28 bits per heavy atom. The Kier molecular flexibility index (Phi) is 11.5. The van der Waals surface area contributed by atoms with Crippen molar-refractivity contribution in [3.63, 3.8) is 0 Å². The second kappa shape index (κ2) is 13.3. The van der Waals surface area contributed by atoms with Crippen LogP contribution < -0.4 is 20.1 Å². The number of benzene rings is 2. The third kappa shape index (κ3) is 8.10. The molecule has 2 rings (SSSR count). The maximum absolute atomic E-state index is 5.37. The summed E-state index contributed by atoms with van der Waals surface area (Å²) in [5.74, 6) is 2.52. The zero-order valence-electron chi connectivity index (χ0n) is 17.9. The van der Waals surface area contributed by atoms with Crippen LogP contribution in [0.5, 0.6) is 11.5 Å². The van der Waals surface area contributed by atoms with Crippen LogP contribution in [0.15, 0.2) is 53.5 Å². The maximum atomic E-state index is 5.37. The molecule has 0 aliphatic rings. The van der Waals surface area contributed by atoms with Crippen LogP contribution in [-0.2, 0) is 6.54 Å². The zero-order valence-corrected chi connectivity index (χ0v) is 20.3. The van der Waals surface area contributed by atoms with E-state index in [0.717, 1.165) is 36.1 Å². The van der Waals surface area contributed by atoms with Crippen LogP contribution in [0.4, 0.5) is 0 Å². The van der Waals surface area contributed by atoms with E-state index in [1.165, 1.54) is 5.56 Å². The van der Waals surface area contributed by atoms with Crippen molar-refractivity contribution < 1.29 is 9.47 Å². The minimum Gasteiger partial charge on any atom is -0.497 e. The van der Waals surface area contributed by atoms with Gasteiger partial charge in [0.1, 0.15) is 11.5 Å². The highest BCUT2D eigenvalue weighted by Crippen LogP contribution is 2.22. The molecule has 0 saturated heterocycles. The van der Waals surface area contributed by atoms with Crippen LogP contribution >= 0.6 is 24.0 Å². The molecule has 0 heterocycles. The third-order valence-corrected chi connectivity index (χ3v) is 4.49. The number of aliphatic imine (C=N–C) groups is 1. The molecule has 0 radical (unpaired) electrons. The topological polar surface area (TPSA) is 58.1 Å². The summed E-state index contributed by atoms with van der Waals surface area (Å²) in [4.78, 5) is 6.90. The molecule has 0 aliphatic carbocycles. The van der Waals surface area contributed by atoms with E-state index in [0.29, 0.717) is 6.54 Å². The molecule has 7 heteroatoms. The molecule has 6 nitrogen and oxygen atoms in total. The van der Waals surface area contributed by atoms with Gasteiger partial charge in [-0.05, 0) is 56.4 Å². The highest BCUT2D eigenvalue weighted by atomic mass is 127. The van der Waals surface area contributed by atoms with Crippen molar-refractivity contribution in [2.75, 3.05) is 41.4 Å². The molecular weight excluding hydrogens is 479 g/mol. The number of methoxy groups -OCH3 is 2. The number of nitrogens with zero attached hydrogens (tertiary/aromatic N) is 2. The van der Waals surface area contributed by atoms with E-state index >= 15 is 0 Å². The summed E-state index contributed by atoms with van der Waals surface area (Å²) in [6, 6.07) is 16.4. The lowest BCUT2D eigenvalue weighted by Crippen LogP contribution is -2.41. The number of likely N-dealkylation sites (N-methyl/N-ethyl adjacent to an activating group) is 1. The highest BCUT2D eigenvalue weighted by Gasteiger charge is 2.15. The minimum absolute atomic E-state index is 0. The fraction of sp³-hybridized carbons (Fsp3) is 0.409. The number of hydrogen-bond acceptors (Lipinski definition) is 4. The first-order valence-electron chi connectivity index (χ1n) is 9.52. The first-order valence-corrected chi connectivity index (χ1v) is 9.52. The van der Waals surface area contributed by atoms with Crippen molar-refractivity contribution in [3.05, 3.63) is 59.7 Å². The summed E-state index contributed by atoms with van der Waals surface area (Å²) < 4.78 is 10.6. The lowest BCUT2D eigenvalue weighted by molar-refractivity contribution is 0.297. The quantitative estimate of drug-likeness (QED) is 0.305. The Hall–Kier alpha value is -2.00. The molecule has 29 heavy (non-hydrogen) atoms. The van der Waals surface area contributed by atoms with Crippen LogP contribution in [-0.4, -0.2) is 52.3 Å². The minimum atomic E-state index is 0. The molecule has 2 aromatic rings. The molecule has 0 fully saturated rings. The van der Waals surface area contributed by atoms with E-state index in [2.05, 4.69) is 48.7 Å². The number of rotatable bonds is 9. The number of guanidine groups is 1. The Balaban J connectivity index is 0.00000420. The van der Waals surface area contributed by atoms with Gasteiger partial charge in [-0.15, -0.1) is 24.0 Å². The predicted molar refractivity (Wildman–Crippen MR) is 131 cm³/mol. The van der Waals surface area contributed by atoms with Gasteiger partial charge in [-0.3, -0.25) is 0 Å². The third-order valence-electron chi connectivity index (χ3n) is 4.49. The standard InChI is InChI=1S/C22H32N4O2.HI/c1-6-23-22(24-15-17-10-12-19(27-4)13-11-17)25-16-21(26(2)3)18-8-7-9-20(14-18)28-5;/h7-14,21H,6,15-16H2,1-5H3,(H2,23,24,25);1H. The van der Waals surface area contributed by atoms with Gasteiger partial charge in [0, 0.05) is 13.1 Å². The summed E-state index contributed by atoms with van der Waals surface area (Å²) >= 11 is 0. The molecule has 160 valence electrons. The van der Waals surface area contributed by atoms with Gasteiger partial charge < -0.3 is 25.0 Å². The van der Waals surface area contributed by atoms with Gasteiger partial charge in [-0.1, -0.05) is 24.3 Å². The highest BCUT2D eigenvalue weighted by molar-refractivity contribution is 14.0. The fourth-order valence-electron chi connectivity index (χ4n) is 2.88. The van der Waals surface area contributed by atoms with E-state index in [1.807, 2.05) is 36.4 Å². The van der Waals surface area contributed by atoms with E-state index < -0.39 is 0 Å². The average molecular weight is 512 g/mol. The molecule has 2 N–H and O–H groups in total. The van der Waals surface area contributed by atoms with Crippen LogP contribution in [0.25, 0.3) is 0 Å². The molecule has 0 aromatic heterocycles. The van der Waals surface area contributed by atoms with Gasteiger partial charge in [-0.25, -0.2) is 4.99 Å². The number of ether oxygens (including phenoxy) is 2. The normalized spacial score (nSPS) is 12.1. The van der Waals surface area contributed by atoms with Gasteiger partial charge in [-0.2, -0.15) is 0 Å². The van der Waals surface area contributed by atoms with Gasteiger partial charge in [0.25, 0.3) is 0 Å². The van der Waals surface area contributed by atoms with E-state index in [9.17, 15) is 0 Å². The smallest absolute Gasteiger partial charge is 0.191 e. The Labute approximate surface area is 191 Å². The molecular formula is C22H33IN4O2. The number of hydrogen-bond donors (Lipinski definition) is 2. The van der Waals surface area contributed by atoms with Crippen LogP contribution in [0.1, 0.15) is 24.1 Å². The lowest BCUT2D eigenvalue weighted by Gasteiger charge is -2.26. The lowest BCUT2D eigenvalue weighted by atomic mass is 10.1.